The third-order valence-corrected chi connectivity index (χ3v) is 3.29. The number of nitrogens with zero attached hydrogens (tertiary/aromatic N) is 2. The van der Waals surface area contributed by atoms with Gasteiger partial charge >= 0.3 is 6.09 Å². The lowest BCUT2D eigenvalue weighted by molar-refractivity contribution is 0.0142. The van der Waals surface area contributed by atoms with Crippen molar-refractivity contribution < 1.29 is 9.90 Å². The van der Waals surface area contributed by atoms with Crippen LogP contribution in [0.1, 0.15) is 19.3 Å². The van der Waals surface area contributed by atoms with Gasteiger partial charge in [0, 0.05) is 32.7 Å². The van der Waals surface area contributed by atoms with E-state index in [9.17, 15) is 4.79 Å². The first-order valence-corrected chi connectivity index (χ1v) is 5.73. The highest BCUT2D eigenvalue weighted by atomic mass is 16.4. The molecule has 5 heteroatoms. The van der Waals surface area contributed by atoms with Crippen molar-refractivity contribution in [3.8, 4) is 0 Å². The van der Waals surface area contributed by atoms with E-state index in [1.807, 2.05) is 0 Å². The zero-order chi connectivity index (χ0) is 10.7. The van der Waals surface area contributed by atoms with Gasteiger partial charge in [-0.25, -0.2) is 4.79 Å². The van der Waals surface area contributed by atoms with Gasteiger partial charge in [0.1, 0.15) is 0 Å². The maximum Gasteiger partial charge on any atom is 0.408 e. The minimum atomic E-state index is -0.766. The Morgan fingerprint density at radius 1 is 1.20 bits per heavy atom. The summed E-state index contributed by atoms with van der Waals surface area (Å²) in [4.78, 5) is 15.0. The quantitative estimate of drug-likeness (QED) is 0.661. The van der Waals surface area contributed by atoms with Crippen molar-refractivity contribution in [3.63, 3.8) is 0 Å². The summed E-state index contributed by atoms with van der Waals surface area (Å²) in [6.45, 7) is 4.58. The molecule has 1 atom stereocenters. The van der Waals surface area contributed by atoms with E-state index >= 15 is 0 Å². The smallest absolute Gasteiger partial charge is 0.408 e. The summed E-state index contributed by atoms with van der Waals surface area (Å²) in [5, 5.41) is 12.4. The van der Waals surface area contributed by atoms with Crippen molar-refractivity contribution in [1.29, 1.82) is 0 Å². The Balaban J connectivity index is 1.99. The predicted molar refractivity (Wildman–Crippen MR) is 56.8 cm³/mol. The summed E-state index contributed by atoms with van der Waals surface area (Å²) >= 11 is 0. The Kier molecular flexibility index (Phi) is 3.43. The van der Waals surface area contributed by atoms with Crippen molar-refractivity contribution in [1.82, 2.24) is 15.1 Å². The first-order chi connectivity index (χ1) is 7.29. The molecule has 2 aliphatic heterocycles. The van der Waals surface area contributed by atoms with E-state index in [1.54, 1.807) is 4.90 Å². The molecule has 1 unspecified atom stereocenters. The van der Waals surface area contributed by atoms with Gasteiger partial charge in [-0.2, -0.15) is 0 Å². The van der Waals surface area contributed by atoms with Crippen LogP contribution in [0.5, 0.6) is 0 Å². The zero-order valence-corrected chi connectivity index (χ0v) is 8.98. The van der Waals surface area contributed by atoms with Crippen molar-refractivity contribution >= 4 is 6.09 Å². The number of rotatable bonds is 1. The van der Waals surface area contributed by atoms with Gasteiger partial charge < -0.3 is 10.4 Å². The molecule has 0 aromatic rings. The molecule has 0 bridgehead atoms. The zero-order valence-electron chi connectivity index (χ0n) is 8.98. The van der Waals surface area contributed by atoms with Crippen molar-refractivity contribution in [3.05, 3.63) is 0 Å². The molecule has 0 aromatic carbocycles. The molecule has 0 aromatic heterocycles. The molecular weight excluding hydrogens is 194 g/mol. The van der Waals surface area contributed by atoms with Crippen LogP contribution in [-0.2, 0) is 0 Å². The average Bonchev–Trinajstić information content (AvgIpc) is 2.30. The van der Waals surface area contributed by atoms with Crippen molar-refractivity contribution in [2.45, 2.75) is 25.4 Å². The molecule has 2 N–H and O–H groups in total. The second kappa shape index (κ2) is 4.81. The summed E-state index contributed by atoms with van der Waals surface area (Å²) in [5.74, 6) is 0. The van der Waals surface area contributed by atoms with Gasteiger partial charge in [-0.1, -0.05) is 0 Å². The maximum atomic E-state index is 11.1. The fourth-order valence-corrected chi connectivity index (χ4v) is 2.50. The Hall–Kier alpha value is -0.810. The van der Waals surface area contributed by atoms with E-state index < -0.39 is 6.09 Å². The summed E-state index contributed by atoms with van der Waals surface area (Å²) in [5.41, 5.74) is 0. The molecule has 0 spiro atoms. The summed E-state index contributed by atoms with van der Waals surface area (Å²) < 4.78 is 0. The average molecular weight is 213 g/mol. The van der Waals surface area contributed by atoms with Crippen LogP contribution in [0.4, 0.5) is 4.79 Å². The second-order valence-corrected chi connectivity index (χ2v) is 4.24. The van der Waals surface area contributed by atoms with Gasteiger partial charge in [0.15, 0.2) is 0 Å². The van der Waals surface area contributed by atoms with Crippen LogP contribution in [-0.4, -0.2) is 59.9 Å². The van der Waals surface area contributed by atoms with Crippen LogP contribution >= 0.6 is 0 Å². The molecule has 1 amide bonds. The van der Waals surface area contributed by atoms with E-state index in [1.165, 1.54) is 0 Å². The van der Waals surface area contributed by atoms with E-state index in [0.29, 0.717) is 6.54 Å². The first-order valence-electron chi connectivity index (χ1n) is 5.73. The van der Waals surface area contributed by atoms with E-state index in [-0.39, 0.29) is 6.17 Å². The van der Waals surface area contributed by atoms with Crippen molar-refractivity contribution in [2.24, 2.45) is 0 Å². The number of piperazine rings is 1. The third-order valence-electron chi connectivity index (χ3n) is 3.29. The van der Waals surface area contributed by atoms with Gasteiger partial charge in [0.05, 0.1) is 6.17 Å². The molecule has 2 fully saturated rings. The molecule has 2 aliphatic rings. The monoisotopic (exact) mass is 213 g/mol. The van der Waals surface area contributed by atoms with Crippen LogP contribution in [0.3, 0.4) is 0 Å². The third kappa shape index (κ3) is 2.41. The minimum absolute atomic E-state index is 0.123. The van der Waals surface area contributed by atoms with Crippen LogP contribution in [0.25, 0.3) is 0 Å². The number of piperidine rings is 1. The molecule has 2 saturated heterocycles. The van der Waals surface area contributed by atoms with Gasteiger partial charge in [0.25, 0.3) is 0 Å². The SMILES string of the molecule is O=C(O)N1CCCCC1N1CCNCC1. The number of hydrogen-bond donors (Lipinski definition) is 2. The van der Waals surface area contributed by atoms with Crippen LogP contribution in [0, 0.1) is 0 Å². The maximum absolute atomic E-state index is 11.1. The Bertz CT molecular complexity index is 229. The molecule has 0 radical (unpaired) electrons. The fraction of sp³-hybridized carbons (Fsp3) is 0.900. The Morgan fingerprint density at radius 3 is 2.60 bits per heavy atom. The molecular formula is C10H19N3O2. The largest absolute Gasteiger partial charge is 0.465 e. The first kappa shape index (κ1) is 10.7. The van der Waals surface area contributed by atoms with Gasteiger partial charge in [0.2, 0.25) is 0 Å². The topological polar surface area (TPSA) is 55.8 Å². The number of hydrogen-bond acceptors (Lipinski definition) is 3. The fourth-order valence-electron chi connectivity index (χ4n) is 2.50. The summed E-state index contributed by atoms with van der Waals surface area (Å²) in [6.07, 6.45) is 2.51. The normalized spacial score (nSPS) is 29.1. The Morgan fingerprint density at radius 2 is 1.93 bits per heavy atom. The lowest BCUT2D eigenvalue weighted by atomic mass is 10.1. The highest BCUT2D eigenvalue weighted by molar-refractivity contribution is 5.65. The molecule has 86 valence electrons. The van der Waals surface area contributed by atoms with E-state index in [4.69, 9.17) is 5.11 Å². The standard InChI is InChI=1S/C10H19N3O2/c14-10(15)13-6-2-1-3-9(13)12-7-4-11-5-8-12/h9,11H,1-8H2,(H,14,15). The minimum Gasteiger partial charge on any atom is -0.465 e. The number of carbonyl (C=O) groups is 1. The number of carboxylic acid groups (broad SMARTS) is 1. The number of likely N-dealkylation sites (tertiary alicyclic amines) is 1. The highest BCUT2D eigenvalue weighted by Crippen LogP contribution is 2.20. The van der Waals surface area contributed by atoms with Gasteiger partial charge in [-0.3, -0.25) is 9.80 Å². The lowest BCUT2D eigenvalue weighted by Crippen LogP contribution is -2.57. The van der Waals surface area contributed by atoms with Crippen LogP contribution < -0.4 is 5.32 Å². The van der Waals surface area contributed by atoms with Crippen LogP contribution in [0.2, 0.25) is 0 Å². The van der Waals surface area contributed by atoms with Gasteiger partial charge in [-0.05, 0) is 19.3 Å². The lowest BCUT2D eigenvalue weighted by Gasteiger charge is -2.42. The molecule has 15 heavy (non-hydrogen) atoms. The number of nitrogens with one attached hydrogen (secondary N) is 1. The molecule has 0 saturated carbocycles. The molecule has 5 nitrogen and oxygen atoms in total. The summed E-state index contributed by atoms with van der Waals surface area (Å²) in [7, 11) is 0. The highest BCUT2D eigenvalue weighted by Gasteiger charge is 2.31. The predicted octanol–water partition coefficient (Wildman–Crippen LogP) is 0.382. The molecule has 0 aliphatic carbocycles. The van der Waals surface area contributed by atoms with E-state index in [2.05, 4.69) is 10.2 Å². The summed E-state index contributed by atoms with van der Waals surface area (Å²) in [6, 6.07) is 0. The van der Waals surface area contributed by atoms with E-state index in [0.717, 1.165) is 45.4 Å². The van der Waals surface area contributed by atoms with Crippen molar-refractivity contribution in [2.75, 3.05) is 32.7 Å². The van der Waals surface area contributed by atoms with Gasteiger partial charge in [-0.15, -0.1) is 0 Å². The Labute approximate surface area is 90.0 Å². The number of amides is 1. The van der Waals surface area contributed by atoms with Crippen LogP contribution in [0.15, 0.2) is 0 Å². The molecule has 2 heterocycles. The molecule has 2 rings (SSSR count). The second-order valence-electron chi connectivity index (χ2n) is 4.24.